The van der Waals surface area contributed by atoms with Gasteiger partial charge in [0.2, 0.25) is 0 Å². The van der Waals surface area contributed by atoms with E-state index in [4.69, 9.17) is 21.6 Å². The Hall–Kier alpha value is -1.90. The monoisotopic (exact) mass is 222 g/mol. The van der Waals surface area contributed by atoms with Crippen molar-refractivity contribution in [1.82, 2.24) is 0 Å². The molecular weight excluding hydrogens is 211 g/mol. The molecule has 7 nitrogen and oxygen atoms in total. The van der Waals surface area contributed by atoms with E-state index in [0.717, 1.165) is 11.3 Å². The lowest BCUT2D eigenvalue weighted by atomic mass is 9.80. The predicted molar refractivity (Wildman–Crippen MR) is 61.0 cm³/mol. The van der Waals surface area contributed by atoms with E-state index < -0.39 is 13.1 Å². The van der Waals surface area contributed by atoms with E-state index in [1.807, 2.05) is 0 Å². The molecule has 1 aromatic carbocycles. The molecule has 2 amide bonds. The molecule has 16 heavy (non-hydrogen) atoms. The summed E-state index contributed by atoms with van der Waals surface area (Å²) in [5, 5.41) is 18.6. The summed E-state index contributed by atoms with van der Waals surface area (Å²) in [6.45, 7) is 0. The van der Waals surface area contributed by atoms with E-state index >= 15 is 0 Å². The fraction of sp³-hybridized carbons (Fsp3) is 0. The number of rotatable bonds is 2. The molecule has 0 aliphatic rings. The van der Waals surface area contributed by atoms with Crippen molar-refractivity contribution in [3.05, 3.63) is 24.3 Å². The zero-order chi connectivity index (χ0) is 12.1. The second-order valence-corrected chi connectivity index (χ2v) is 2.90. The zero-order valence-corrected chi connectivity index (χ0v) is 8.32. The Morgan fingerprint density at radius 2 is 2.19 bits per heavy atom. The lowest BCUT2D eigenvalue weighted by Gasteiger charge is -2.14. The number of carbonyl (C=O) groups excluding carboxylic acids is 1. The fourth-order valence-corrected chi connectivity index (χ4v) is 1.07. The van der Waals surface area contributed by atoms with Gasteiger partial charge in [-0.05, 0) is 17.6 Å². The van der Waals surface area contributed by atoms with Gasteiger partial charge in [0.05, 0.1) is 12.0 Å². The number of hydrogen-bond donors (Lipinski definition) is 4. The molecule has 0 saturated carbocycles. The molecule has 0 saturated heterocycles. The van der Waals surface area contributed by atoms with Gasteiger partial charge in [0.15, 0.2) is 0 Å². The molecule has 84 valence electrons. The Morgan fingerprint density at radius 3 is 2.75 bits per heavy atom. The minimum Gasteiger partial charge on any atom is -0.423 e. The lowest BCUT2D eigenvalue weighted by Crippen LogP contribution is -2.37. The Labute approximate surface area is 92.1 Å². The third kappa shape index (κ3) is 2.80. The van der Waals surface area contributed by atoms with Crippen LogP contribution in [0.2, 0.25) is 0 Å². The Kier molecular flexibility index (Phi) is 4.00. The first kappa shape index (κ1) is 12.2. The zero-order valence-electron chi connectivity index (χ0n) is 8.32. The molecule has 1 aromatic rings. The Morgan fingerprint density at radius 1 is 1.50 bits per heavy atom. The molecule has 8 heteroatoms. The Balaban J connectivity index is 2.95. The van der Waals surface area contributed by atoms with Crippen molar-refractivity contribution in [3.63, 3.8) is 0 Å². The van der Waals surface area contributed by atoms with Gasteiger partial charge >= 0.3 is 13.1 Å². The van der Waals surface area contributed by atoms with Crippen molar-refractivity contribution in [2.24, 2.45) is 16.6 Å². The summed E-state index contributed by atoms with van der Waals surface area (Å²) in [5.41, 5.74) is 5.45. The molecule has 0 unspecified atom stereocenters. The number of anilines is 1. The van der Waals surface area contributed by atoms with Crippen LogP contribution in [0.15, 0.2) is 29.3 Å². The fourth-order valence-electron chi connectivity index (χ4n) is 1.07. The molecule has 0 heterocycles. The van der Waals surface area contributed by atoms with Crippen LogP contribution < -0.4 is 22.0 Å². The van der Waals surface area contributed by atoms with Crippen LogP contribution in [0.1, 0.15) is 0 Å². The summed E-state index contributed by atoms with van der Waals surface area (Å²) in [6.07, 6.45) is 0.826. The minimum atomic E-state index is -1.62. The molecule has 0 fully saturated rings. The maximum absolute atomic E-state index is 11.2. The quantitative estimate of drug-likeness (QED) is 0.117. The lowest BCUT2D eigenvalue weighted by molar-refractivity contribution is 0.254. The topological polar surface area (TPSA) is 125 Å². The summed E-state index contributed by atoms with van der Waals surface area (Å²) in [7, 11) is -1.62. The third-order valence-corrected chi connectivity index (χ3v) is 1.84. The van der Waals surface area contributed by atoms with Gasteiger partial charge in [-0.2, -0.15) is 4.99 Å². The van der Waals surface area contributed by atoms with Gasteiger partial charge in [-0.15, -0.1) is 0 Å². The molecular formula is C8H11BN4O3. The molecule has 0 radical (unpaired) electrons. The first-order chi connectivity index (χ1) is 7.56. The van der Waals surface area contributed by atoms with Gasteiger partial charge in [0, 0.05) is 0 Å². The molecule has 0 aliphatic heterocycles. The minimum absolute atomic E-state index is 0.220. The normalized spacial score (nSPS) is 10.4. The average Bonchev–Trinajstić information content (AvgIpc) is 2.28. The molecule has 0 bridgehead atoms. The average molecular weight is 222 g/mol. The van der Waals surface area contributed by atoms with Crippen LogP contribution in [-0.2, 0) is 0 Å². The van der Waals surface area contributed by atoms with Crippen LogP contribution in [0.25, 0.3) is 0 Å². The van der Waals surface area contributed by atoms with Crippen LogP contribution in [0, 0.1) is 0 Å². The molecule has 0 spiro atoms. The van der Waals surface area contributed by atoms with Crippen molar-refractivity contribution in [1.29, 1.82) is 0 Å². The highest BCUT2D eigenvalue weighted by atomic mass is 16.4. The summed E-state index contributed by atoms with van der Waals surface area (Å²) in [5.74, 6) is 5.44. The van der Waals surface area contributed by atoms with Crippen molar-refractivity contribution < 1.29 is 14.8 Å². The van der Waals surface area contributed by atoms with Crippen molar-refractivity contribution >= 4 is 30.6 Å². The van der Waals surface area contributed by atoms with E-state index in [1.165, 1.54) is 24.3 Å². The van der Waals surface area contributed by atoms with Crippen LogP contribution >= 0.6 is 0 Å². The summed E-state index contributed by atoms with van der Waals surface area (Å²) >= 11 is 0. The number of nitrogens with two attached hydrogens (primary N) is 2. The van der Waals surface area contributed by atoms with Crippen LogP contribution in [0.3, 0.4) is 0 Å². The number of amides is 2. The van der Waals surface area contributed by atoms with Crippen molar-refractivity contribution in [3.8, 4) is 0 Å². The number of hydrazine groups is 1. The van der Waals surface area contributed by atoms with Gasteiger partial charge in [-0.25, -0.2) is 15.6 Å². The molecule has 0 aliphatic carbocycles. The number of urea groups is 1. The van der Waals surface area contributed by atoms with Crippen LogP contribution in [-0.4, -0.2) is 29.5 Å². The molecule has 6 N–H and O–H groups in total. The third-order valence-electron chi connectivity index (χ3n) is 1.84. The first-order valence-corrected chi connectivity index (χ1v) is 4.35. The number of hydrogen-bond acceptors (Lipinski definition) is 4. The van der Waals surface area contributed by atoms with Gasteiger partial charge in [-0.1, -0.05) is 12.1 Å². The number of benzene rings is 1. The first-order valence-electron chi connectivity index (χ1n) is 4.35. The summed E-state index contributed by atoms with van der Waals surface area (Å²) in [6, 6.07) is 5.14. The van der Waals surface area contributed by atoms with Crippen LogP contribution in [0.4, 0.5) is 10.5 Å². The predicted octanol–water partition coefficient (Wildman–Crippen LogP) is -1.85. The number of carbonyl (C=O) groups is 1. The number of aliphatic imine (C=N–C) groups is 1. The highest BCUT2D eigenvalue weighted by molar-refractivity contribution is 6.58. The van der Waals surface area contributed by atoms with Crippen molar-refractivity contribution in [2.45, 2.75) is 0 Å². The number of nitrogens with zero attached hydrogens (tertiary/aromatic N) is 2. The largest absolute Gasteiger partial charge is 0.488 e. The van der Waals surface area contributed by atoms with E-state index in [2.05, 4.69) is 4.99 Å². The van der Waals surface area contributed by atoms with Gasteiger partial charge in [0.25, 0.3) is 0 Å². The van der Waals surface area contributed by atoms with Crippen LogP contribution in [0.5, 0.6) is 0 Å². The van der Waals surface area contributed by atoms with E-state index in [1.54, 1.807) is 0 Å². The molecule has 0 aromatic heterocycles. The highest BCUT2D eigenvalue weighted by Crippen LogP contribution is 2.09. The van der Waals surface area contributed by atoms with Gasteiger partial charge in [-0.3, -0.25) is 0 Å². The maximum Gasteiger partial charge on any atom is 0.488 e. The second kappa shape index (κ2) is 5.26. The summed E-state index contributed by atoms with van der Waals surface area (Å²) < 4.78 is 0. The Bertz CT molecular complexity index is 410. The van der Waals surface area contributed by atoms with E-state index in [9.17, 15) is 4.79 Å². The van der Waals surface area contributed by atoms with Gasteiger partial charge in [0.1, 0.15) is 0 Å². The highest BCUT2D eigenvalue weighted by Gasteiger charge is 2.15. The molecule has 0 atom stereocenters. The van der Waals surface area contributed by atoms with E-state index in [-0.39, 0.29) is 11.2 Å². The standard InChI is InChI=1S/C8H11BN4O3/c10-5-12-8(14)13(11)7-3-1-2-6(4-7)9(15)16/h1-5,15-16H,11H2,(H2,10,12,14). The maximum atomic E-state index is 11.2. The SMILES string of the molecule is N/C=N/C(=O)N(N)c1cccc(B(O)O)c1. The second-order valence-electron chi connectivity index (χ2n) is 2.90. The van der Waals surface area contributed by atoms with Crippen molar-refractivity contribution in [2.75, 3.05) is 5.01 Å². The van der Waals surface area contributed by atoms with Gasteiger partial charge < -0.3 is 15.8 Å². The van der Waals surface area contributed by atoms with E-state index in [0.29, 0.717) is 0 Å². The smallest absolute Gasteiger partial charge is 0.423 e. The molecule has 1 rings (SSSR count). The summed E-state index contributed by atoms with van der Waals surface area (Å²) in [4.78, 5) is 14.5.